The Morgan fingerprint density at radius 2 is 0.472 bits per heavy atom. The third-order valence-electron chi connectivity index (χ3n) is 7.46. The molecule has 0 spiro atoms. The summed E-state index contributed by atoms with van der Waals surface area (Å²) < 4.78 is 0. The van der Waals surface area contributed by atoms with Crippen molar-refractivity contribution in [3.05, 3.63) is 36.5 Å². The van der Waals surface area contributed by atoms with Crippen LogP contribution in [0.4, 0.5) is 0 Å². The minimum absolute atomic E-state index is 1.13. The molecule has 0 N–H and O–H groups in total. The van der Waals surface area contributed by atoms with Crippen LogP contribution in [0.15, 0.2) is 36.5 Å². The minimum Gasteiger partial charge on any atom is -0.0885 e. The maximum atomic E-state index is 2.44. The Hall–Kier alpha value is -0.780. The van der Waals surface area contributed by atoms with Gasteiger partial charge in [-0.3, -0.25) is 0 Å². The molecule has 0 radical (unpaired) electrons. The molecule has 0 heteroatoms. The fraction of sp³-hybridized carbons (Fsp3) is 0.833. The average molecular weight is 501 g/mol. The molecule has 0 bridgehead atoms. The molecule has 0 fully saturated rings. The molecule has 0 amide bonds. The van der Waals surface area contributed by atoms with Gasteiger partial charge in [0.25, 0.3) is 0 Å². The Bertz CT molecular complexity index is 455. The van der Waals surface area contributed by atoms with E-state index in [1.807, 2.05) is 0 Å². The standard InChI is InChI=1S/C36H68/c1-3-5-7-9-11-13-15-17-19-21-23-25-27-29-31-33-35-36-34-32-30-28-26-24-22-20-18-16-14-12-10-8-6-4-2/h11,13,17-20H,3-10,12,14-16,21-36H2,1-2H3/b13-11?,19-17+,20-18?. The Balaban J connectivity index is 3.13. The van der Waals surface area contributed by atoms with Crippen LogP contribution in [0.1, 0.15) is 194 Å². The van der Waals surface area contributed by atoms with E-state index in [1.165, 1.54) is 173 Å². The van der Waals surface area contributed by atoms with Gasteiger partial charge in [0.1, 0.15) is 0 Å². The van der Waals surface area contributed by atoms with Crippen molar-refractivity contribution in [2.45, 2.75) is 194 Å². The zero-order chi connectivity index (χ0) is 26.0. The van der Waals surface area contributed by atoms with Gasteiger partial charge in [-0.15, -0.1) is 0 Å². The summed E-state index contributed by atoms with van der Waals surface area (Å²) in [6, 6.07) is 0. The van der Waals surface area contributed by atoms with Crippen molar-refractivity contribution in [2.75, 3.05) is 0 Å². The minimum atomic E-state index is 1.13. The van der Waals surface area contributed by atoms with Crippen molar-refractivity contribution in [1.82, 2.24) is 0 Å². The lowest BCUT2D eigenvalue weighted by molar-refractivity contribution is 0.534. The van der Waals surface area contributed by atoms with Crippen molar-refractivity contribution < 1.29 is 0 Å². The van der Waals surface area contributed by atoms with Gasteiger partial charge in [0.2, 0.25) is 0 Å². The lowest BCUT2D eigenvalue weighted by atomic mass is 10.0. The van der Waals surface area contributed by atoms with Crippen molar-refractivity contribution in [3.8, 4) is 0 Å². The maximum absolute atomic E-state index is 2.44. The summed E-state index contributed by atoms with van der Waals surface area (Å²) >= 11 is 0. The van der Waals surface area contributed by atoms with Crippen molar-refractivity contribution in [3.63, 3.8) is 0 Å². The van der Waals surface area contributed by atoms with E-state index in [-0.39, 0.29) is 0 Å². The summed E-state index contributed by atoms with van der Waals surface area (Å²) in [5.74, 6) is 0. The molecule has 0 nitrogen and oxygen atoms in total. The fourth-order valence-electron chi connectivity index (χ4n) is 4.94. The monoisotopic (exact) mass is 501 g/mol. The first-order chi connectivity index (χ1) is 17.9. The predicted octanol–water partition coefficient (Wildman–Crippen LogP) is 13.6. The summed E-state index contributed by atoms with van der Waals surface area (Å²) in [5.41, 5.74) is 0. The zero-order valence-electron chi connectivity index (χ0n) is 25.3. The van der Waals surface area contributed by atoms with Crippen LogP contribution < -0.4 is 0 Å². The number of hydrogen-bond acceptors (Lipinski definition) is 0. The number of hydrogen-bond donors (Lipinski definition) is 0. The van der Waals surface area contributed by atoms with Gasteiger partial charge in [-0.2, -0.15) is 0 Å². The SMILES string of the molecule is CCCCCC=CC/C=C/CCCCCCCCCCCCCCCCC=CCCCCCCCC. The van der Waals surface area contributed by atoms with E-state index in [1.54, 1.807) is 0 Å². The molecular weight excluding hydrogens is 432 g/mol. The van der Waals surface area contributed by atoms with Gasteiger partial charge >= 0.3 is 0 Å². The molecule has 0 aliphatic heterocycles. The van der Waals surface area contributed by atoms with Crippen molar-refractivity contribution in [1.29, 1.82) is 0 Å². The zero-order valence-corrected chi connectivity index (χ0v) is 25.3. The molecular formula is C36H68. The Morgan fingerprint density at radius 3 is 0.806 bits per heavy atom. The van der Waals surface area contributed by atoms with E-state index in [4.69, 9.17) is 0 Å². The second-order valence-electron chi connectivity index (χ2n) is 11.2. The molecule has 0 aromatic carbocycles. The molecule has 0 rings (SSSR count). The highest BCUT2D eigenvalue weighted by Crippen LogP contribution is 2.14. The van der Waals surface area contributed by atoms with Crippen LogP contribution in [0, 0.1) is 0 Å². The molecule has 0 heterocycles. The van der Waals surface area contributed by atoms with Crippen LogP contribution in [0.5, 0.6) is 0 Å². The first-order valence-electron chi connectivity index (χ1n) is 16.9. The van der Waals surface area contributed by atoms with Gasteiger partial charge in [-0.05, 0) is 57.8 Å². The second kappa shape index (κ2) is 34.2. The van der Waals surface area contributed by atoms with E-state index in [9.17, 15) is 0 Å². The van der Waals surface area contributed by atoms with Gasteiger partial charge in [-0.25, -0.2) is 0 Å². The van der Waals surface area contributed by atoms with E-state index >= 15 is 0 Å². The molecule has 0 saturated heterocycles. The van der Waals surface area contributed by atoms with Crippen LogP contribution in [-0.4, -0.2) is 0 Å². The topological polar surface area (TPSA) is 0 Å². The predicted molar refractivity (Wildman–Crippen MR) is 168 cm³/mol. The highest BCUT2D eigenvalue weighted by molar-refractivity contribution is 4.92. The third-order valence-corrected chi connectivity index (χ3v) is 7.46. The maximum Gasteiger partial charge on any atom is -0.0169 e. The highest BCUT2D eigenvalue weighted by atomic mass is 14.0. The number of unbranched alkanes of at least 4 members (excludes halogenated alkanes) is 24. The summed E-state index contributed by atoms with van der Waals surface area (Å²) in [7, 11) is 0. The number of allylic oxidation sites excluding steroid dienone is 6. The van der Waals surface area contributed by atoms with Gasteiger partial charge in [0.05, 0.1) is 0 Å². The Labute approximate surface area is 229 Å². The largest absolute Gasteiger partial charge is 0.0885 e. The molecule has 0 atom stereocenters. The third kappa shape index (κ3) is 33.2. The molecule has 0 aromatic heterocycles. The summed E-state index contributed by atoms with van der Waals surface area (Å²) in [6.45, 7) is 4.57. The van der Waals surface area contributed by atoms with Crippen LogP contribution in [0.25, 0.3) is 0 Å². The summed E-state index contributed by atoms with van der Waals surface area (Å²) in [5, 5.41) is 0. The molecule has 36 heavy (non-hydrogen) atoms. The quantitative estimate of drug-likeness (QED) is 0.0679. The van der Waals surface area contributed by atoms with E-state index in [0.717, 1.165) is 6.42 Å². The molecule has 0 aliphatic carbocycles. The molecule has 0 aliphatic rings. The van der Waals surface area contributed by atoms with Crippen LogP contribution in [0.3, 0.4) is 0 Å². The first-order valence-corrected chi connectivity index (χ1v) is 16.9. The summed E-state index contributed by atoms with van der Waals surface area (Å²) in [6.07, 6.45) is 53.4. The second-order valence-corrected chi connectivity index (χ2v) is 11.2. The van der Waals surface area contributed by atoms with Crippen LogP contribution in [-0.2, 0) is 0 Å². The average Bonchev–Trinajstić information content (AvgIpc) is 2.89. The normalized spacial score (nSPS) is 12.2. The molecule has 0 saturated carbocycles. The smallest absolute Gasteiger partial charge is 0.0169 e. The lowest BCUT2D eigenvalue weighted by Gasteiger charge is -2.03. The highest BCUT2D eigenvalue weighted by Gasteiger charge is 1.94. The van der Waals surface area contributed by atoms with E-state index in [0.29, 0.717) is 0 Å². The number of rotatable bonds is 30. The van der Waals surface area contributed by atoms with E-state index in [2.05, 4.69) is 50.3 Å². The Kier molecular flexibility index (Phi) is 33.5. The van der Waals surface area contributed by atoms with Crippen LogP contribution in [0.2, 0.25) is 0 Å². The van der Waals surface area contributed by atoms with E-state index < -0.39 is 0 Å². The Morgan fingerprint density at radius 1 is 0.250 bits per heavy atom. The van der Waals surface area contributed by atoms with Crippen LogP contribution >= 0.6 is 0 Å². The molecule has 0 unspecified atom stereocenters. The molecule has 212 valence electrons. The van der Waals surface area contributed by atoms with Gasteiger partial charge in [-0.1, -0.05) is 172 Å². The fourth-order valence-corrected chi connectivity index (χ4v) is 4.94. The van der Waals surface area contributed by atoms with Gasteiger partial charge in [0.15, 0.2) is 0 Å². The van der Waals surface area contributed by atoms with Crippen molar-refractivity contribution >= 4 is 0 Å². The molecule has 0 aromatic rings. The van der Waals surface area contributed by atoms with Crippen molar-refractivity contribution in [2.24, 2.45) is 0 Å². The lowest BCUT2D eigenvalue weighted by Crippen LogP contribution is -1.83. The first kappa shape index (κ1) is 35.2. The van der Waals surface area contributed by atoms with Gasteiger partial charge in [0, 0.05) is 0 Å². The summed E-state index contributed by atoms with van der Waals surface area (Å²) in [4.78, 5) is 0. The van der Waals surface area contributed by atoms with Gasteiger partial charge < -0.3 is 0 Å².